The number of aromatic nitrogens is 2. The van der Waals surface area contributed by atoms with Crippen LogP contribution < -0.4 is 5.32 Å². The molecule has 10 heteroatoms. The number of carbonyl (C=O) groups is 2. The Bertz CT molecular complexity index is 1200. The van der Waals surface area contributed by atoms with Crippen LogP contribution >= 0.6 is 0 Å². The van der Waals surface area contributed by atoms with E-state index < -0.39 is 10.0 Å². The number of sulfonamides is 1. The minimum atomic E-state index is -3.68. The van der Waals surface area contributed by atoms with Crippen molar-refractivity contribution in [3.63, 3.8) is 0 Å². The summed E-state index contributed by atoms with van der Waals surface area (Å²) in [5.74, 6) is -0.384. The lowest BCUT2D eigenvalue weighted by molar-refractivity contribution is -0.114. The molecule has 1 saturated heterocycles. The van der Waals surface area contributed by atoms with Gasteiger partial charge in [-0.3, -0.25) is 9.59 Å². The molecule has 2 aromatic heterocycles. The maximum absolute atomic E-state index is 12.9. The van der Waals surface area contributed by atoms with E-state index in [9.17, 15) is 18.0 Å². The number of carbonyl (C=O) groups excluding carboxylic acids is 2. The van der Waals surface area contributed by atoms with Crippen molar-refractivity contribution in [3.05, 3.63) is 60.4 Å². The van der Waals surface area contributed by atoms with Gasteiger partial charge in [-0.2, -0.15) is 9.40 Å². The number of nitrogens with zero attached hydrogens (tertiary/aromatic N) is 4. The second kappa shape index (κ2) is 7.88. The van der Waals surface area contributed by atoms with Gasteiger partial charge in [0.25, 0.3) is 5.91 Å². The molecule has 0 bridgehead atoms. The van der Waals surface area contributed by atoms with Crippen LogP contribution in [-0.2, 0) is 14.8 Å². The third kappa shape index (κ3) is 3.79. The first kappa shape index (κ1) is 20.0. The Morgan fingerprint density at radius 3 is 2.37 bits per heavy atom. The van der Waals surface area contributed by atoms with Gasteiger partial charge in [0, 0.05) is 45.0 Å². The van der Waals surface area contributed by atoms with E-state index >= 15 is 0 Å². The van der Waals surface area contributed by atoms with Gasteiger partial charge in [0.15, 0.2) is 0 Å². The molecular weight excluding hydrogens is 406 g/mol. The van der Waals surface area contributed by atoms with Crippen LogP contribution in [0.3, 0.4) is 0 Å². The third-order valence-corrected chi connectivity index (χ3v) is 6.91. The van der Waals surface area contributed by atoms with Gasteiger partial charge in [-0.25, -0.2) is 12.9 Å². The summed E-state index contributed by atoms with van der Waals surface area (Å²) in [6.45, 7) is 2.40. The SMILES string of the molecule is CC(=O)Nc1ccc(S(=O)(=O)N2CCN(C(=O)c3cnn4ccccc34)CC2)cc1. The Labute approximate surface area is 173 Å². The fourth-order valence-electron chi connectivity index (χ4n) is 3.46. The predicted molar refractivity (Wildman–Crippen MR) is 111 cm³/mol. The number of fused-ring (bicyclic) bond motifs is 1. The first-order chi connectivity index (χ1) is 14.4. The lowest BCUT2D eigenvalue weighted by Crippen LogP contribution is -2.50. The third-order valence-electron chi connectivity index (χ3n) is 5.00. The van der Waals surface area contributed by atoms with Crippen LogP contribution in [0.25, 0.3) is 5.52 Å². The Kier molecular flexibility index (Phi) is 5.27. The molecule has 30 heavy (non-hydrogen) atoms. The molecule has 0 radical (unpaired) electrons. The number of nitrogens with one attached hydrogen (secondary N) is 1. The van der Waals surface area contributed by atoms with Crippen molar-refractivity contribution in [2.75, 3.05) is 31.5 Å². The summed E-state index contributed by atoms with van der Waals surface area (Å²) < 4.78 is 28.9. The summed E-state index contributed by atoms with van der Waals surface area (Å²) in [5, 5.41) is 6.80. The van der Waals surface area contributed by atoms with Crippen molar-refractivity contribution in [1.82, 2.24) is 18.8 Å². The average Bonchev–Trinajstić information content (AvgIpc) is 3.17. The van der Waals surface area contributed by atoms with Crippen LogP contribution in [-0.4, -0.2) is 65.2 Å². The summed E-state index contributed by atoms with van der Waals surface area (Å²) in [6, 6.07) is 11.6. The lowest BCUT2D eigenvalue weighted by atomic mass is 10.2. The van der Waals surface area contributed by atoms with Crippen LogP contribution in [0.15, 0.2) is 59.8 Å². The molecule has 1 N–H and O–H groups in total. The lowest BCUT2D eigenvalue weighted by Gasteiger charge is -2.33. The van der Waals surface area contributed by atoms with E-state index in [1.807, 2.05) is 18.2 Å². The van der Waals surface area contributed by atoms with Gasteiger partial charge < -0.3 is 10.2 Å². The summed E-state index contributed by atoms with van der Waals surface area (Å²) in [7, 11) is -3.68. The van der Waals surface area contributed by atoms with E-state index in [4.69, 9.17) is 0 Å². The molecule has 3 aromatic rings. The van der Waals surface area contributed by atoms with Crippen LogP contribution in [0.1, 0.15) is 17.3 Å². The molecule has 0 aliphatic carbocycles. The number of hydrogen-bond acceptors (Lipinski definition) is 5. The largest absolute Gasteiger partial charge is 0.336 e. The molecule has 9 nitrogen and oxygen atoms in total. The number of benzene rings is 1. The van der Waals surface area contributed by atoms with Crippen molar-refractivity contribution in [3.8, 4) is 0 Å². The molecular formula is C20H21N5O4S. The first-order valence-electron chi connectivity index (χ1n) is 9.46. The topological polar surface area (TPSA) is 104 Å². The summed E-state index contributed by atoms with van der Waals surface area (Å²) in [5.41, 5.74) is 1.75. The smallest absolute Gasteiger partial charge is 0.257 e. The number of amides is 2. The van der Waals surface area contributed by atoms with E-state index in [2.05, 4.69) is 10.4 Å². The minimum Gasteiger partial charge on any atom is -0.336 e. The van der Waals surface area contributed by atoms with Crippen LogP contribution in [0.2, 0.25) is 0 Å². The number of anilines is 1. The second-order valence-electron chi connectivity index (χ2n) is 6.99. The molecule has 1 aliphatic rings. The average molecular weight is 427 g/mol. The number of piperazine rings is 1. The van der Waals surface area contributed by atoms with Crippen molar-refractivity contribution in [2.45, 2.75) is 11.8 Å². The van der Waals surface area contributed by atoms with Gasteiger partial charge in [-0.05, 0) is 36.4 Å². The Morgan fingerprint density at radius 1 is 1.00 bits per heavy atom. The van der Waals surface area contributed by atoms with Crippen LogP contribution in [0, 0.1) is 0 Å². The van der Waals surface area contributed by atoms with Crippen molar-refractivity contribution < 1.29 is 18.0 Å². The van der Waals surface area contributed by atoms with E-state index in [1.54, 1.807) is 27.7 Å². The van der Waals surface area contributed by atoms with Crippen molar-refractivity contribution in [1.29, 1.82) is 0 Å². The zero-order chi connectivity index (χ0) is 21.3. The van der Waals surface area contributed by atoms with Gasteiger partial charge >= 0.3 is 0 Å². The van der Waals surface area contributed by atoms with Crippen molar-refractivity contribution in [2.24, 2.45) is 0 Å². The molecule has 156 valence electrons. The van der Waals surface area contributed by atoms with Crippen LogP contribution in [0.5, 0.6) is 0 Å². The maximum Gasteiger partial charge on any atom is 0.257 e. The Balaban J connectivity index is 1.44. The second-order valence-corrected chi connectivity index (χ2v) is 8.93. The monoisotopic (exact) mass is 427 g/mol. The first-order valence-corrected chi connectivity index (χ1v) is 10.9. The summed E-state index contributed by atoms with van der Waals surface area (Å²) in [4.78, 5) is 25.8. The molecule has 2 amide bonds. The number of pyridine rings is 1. The molecule has 0 saturated carbocycles. The Morgan fingerprint density at radius 2 is 1.70 bits per heavy atom. The zero-order valence-electron chi connectivity index (χ0n) is 16.4. The van der Waals surface area contributed by atoms with Gasteiger partial charge in [-0.15, -0.1) is 0 Å². The molecule has 3 heterocycles. The quantitative estimate of drug-likeness (QED) is 0.679. The predicted octanol–water partition coefficient (Wildman–Crippen LogP) is 1.44. The molecule has 1 aliphatic heterocycles. The highest BCUT2D eigenvalue weighted by Crippen LogP contribution is 2.21. The van der Waals surface area contributed by atoms with Crippen molar-refractivity contribution >= 4 is 33.0 Å². The molecule has 4 rings (SSSR count). The molecule has 0 atom stereocenters. The molecule has 1 aromatic carbocycles. The van der Waals surface area contributed by atoms with Gasteiger partial charge in [-0.1, -0.05) is 6.07 Å². The fourth-order valence-corrected chi connectivity index (χ4v) is 4.89. The fraction of sp³-hybridized carbons (Fsp3) is 0.250. The highest BCUT2D eigenvalue weighted by Gasteiger charge is 2.31. The van der Waals surface area contributed by atoms with Gasteiger partial charge in [0.1, 0.15) is 0 Å². The summed E-state index contributed by atoms with van der Waals surface area (Å²) in [6.07, 6.45) is 3.31. The van der Waals surface area contributed by atoms with Crippen LogP contribution in [0.4, 0.5) is 5.69 Å². The van der Waals surface area contributed by atoms with Gasteiger partial charge in [0.05, 0.1) is 22.2 Å². The van der Waals surface area contributed by atoms with E-state index in [0.29, 0.717) is 24.3 Å². The zero-order valence-corrected chi connectivity index (χ0v) is 17.2. The highest BCUT2D eigenvalue weighted by molar-refractivity contribution is 7.89. The minimum absolute atomic E-state index is 0.152. The van der Waals surface area contributed by atoms with E-state index in [-0.39, 0.29) is 29.8 Å². The standard InChI is InChI=1S/C20H21N5O4S/c1-15(26)22-16-5-7-17(8-6-16)30(28,29)24-12-10-23(11-13-24)20(27)18-14-21-25-9-3-2-4-19(18)25/h2-9,14H,10-13H2,1H3,(H,22,26). The summed E-state index contributed by atoms with van der Waals surface area (Å²) >= 11 is 0. The van der Waals surface area contributed by atoms with Gasteiger partial charge in [0.2, 0.25) is 15.9 Å². The number of hydrogen-bond donors (Lipinski definition) is 1. The number of rotatable bonds is 4. The normalized spacial score (nSPS) is 15.3. The molecule has 0 unspecified atom stereocenters. The maximum atomic E-state index is 12.9. The van der Waals surface area contributed by atoms with E-state index in [0.717, 1.165) is 5.52 Å². The molecule has 1 fully saturated rings. The highest BCUT2D eigenvalue weighted by atomic mass is 32.2. The Hall–Kier alpha value is -3.24. The van der Waals surface area contributed by atoms with E-state index in [1.165, 1.54) is 29.6 Å². The molecule has 0 spiro atoms.